The van der Waals surface area contributed by atoms with Crippen LogP contribution in [0.25, 0.3) is 0 Å². The molecule has 19 heavy (non-hydrogen) atoms. The topological polar surface area (TPSA) is 38.3 Å². The number of alkyl halides is 2. The van der Waals surface area contributed by atoms with Crippen molar-refractivity contribution >= 4 is 22.0 Å². The van der Waals surface area contributed by atoms with Gasteiger partial charge in [0.2, 0.25) is 0 Å². The third-order valence-electron chi connectivity index (χ3n) is 2.15. The number of benzene rings is 1. The monoisotopic (exact) mass is 335 g/mol. The summed E-state index contributed by atoms with van der Waals surface area (Å²) in [6.45, 7) is 5.01. The Morgan fingerprint density at radius 3 is 2.21 bits per heavy atom. The zero-order valence-electron chi connectivity index (χ0n) is 10.9. The van der Waals surface area contributed by atoms with Gasteiger partial charge in [0.15, 0.2) is 0 Å². The SMILES string of the molecule is CC(C)(C)OC(=O)N[C@H](c1ccc(Br)cc1)C(F)F. The quantitative estimate of drug-likeness (QED) is 0.895. The lowest BCUT2D eigenvalue weighted by atomic mass is 10.1. The van der Waals surface area contributed by atoms with Crippen LogP contribution >= 0.6 is 15.9 Å². The highest BCUT2D eigenvalue weighted by molar-refractivity contribution is 9.10. The molecule has 0 bridgehead atoms. The van der Waals surface area contributed by atoms with Gasteiger partial charge < -0.3 is 10.1 Å². The van der Waals surface area contributed by atoms with E-state index in [-0.39, 0.29) is 0 Å². The molecule has 1 aromatic carbocycles. The Labute approximate surface area is 119 Å². The van der Waals surface area contributed by atoms with Crippen LogP contribution in [-0.4, -0.2) is 18.1 Å². The lowest BCUT2D eigenvalue weighted by Gasteiger charge is -2.23. The first-order chi connectivity index (χ1) is 8.69. The standard InChI is InChI=1S/C13H16BrF2NO2/c1-13(2,3)19-12(18)17-10(11(15)16)8-4-6-9(14)7-5-8/h4-7,10-11H,1-3H3,(H,17,18)/t10-/m1/s1. The molecule has 106 valence electrons. The maximum Gasteiger partial charge on any atom is 0.408 e. The van der Waals surface area contributed by atoms with Crippen LogP contribution in [-0.2, 0) is 4.74 Å². The van der Waals surface area contributed by atoms with Gasteiger partial charge in [0.1, 0.15) is 11.6 Å². The van der Waals surface area contributed by atoms with Gasteiger partial charge in [-0.1, -0.05) is 28.1 Å². The second kappa shape index (κ2) is 6.32. The molecule has 0 spiro atoms. The minimum Gasteiger partial charge on any atom is -0.444 e. The lowest BCUT2D eigenvalue weighted by molar-refractivity contribution is 0.0373. The first-order valence-corrected chi connectivity index (χ1v) is 6.51. The van der Waals surface area contributed by atoms with Crippen LogP contribution in [0.4, 0.5) is 13.6 Å². The van der Waals surface area contributed by atoms with E-state index in [1.807, 2.05) is 0 Å². The Morgan fingerprint density at radius 2 is 1.79 bits per heavy atom. The fraction of sp³-hybridized carbons (Fsp3) is 0.462. The van der Waals surface area contributed by atoms with Crippen molar-refractivity contribution in [1.29, 1.82) is 0 Å². The van der Waals surface area contributed by atoms with Gasteiger partial charge in [-0.15, -0.1) is 0 Å². The number of halogens is 3. The summed E-state index contributed by atoms with van der Waals surface area (Å²) in [4.78, 5) is 11.5. The van der Waals surface area contributed by atoms with Gasteiger partial charge >= 0.3 is 6.09 Å². The van der Waals surface area contributed by atoms with E-state index < -0.39 is 24.2 Å². The van der Waals surface area contributed by atoms with Crippen LogP contribution in [0, 0.1) is 0 Å². The molecule has 0 aliphatic rings. The number of ether oxygens (including phenoxy) is 1. The van der Waals surface area contributed by atoms with Gasteiger partial charge in [0, 0.05) is 4.47 Å². The molecular weight excluding hydrogens is 320 g/mol. The lowest BCUT2D eigenvalue weighted by Crippen LogP contribution is -2.37. The van der Waals surface area contributed by atoms with Crippen molar-refractivity contribution in [1.82, 2.24) is 5.32 Å². The van der Waals surface area contributed by atoms with E-state index in [0.717, 1.165) is 4.47 Å². The van der Waals surface area contributed by atoms with Gasteiger partial charge in [-0.25, -0.2) is 13.6 Å². The predicted octanol–water partition coefficient (Wildman–Crippen LogP) is 4.28. The molecule has 3 nitrogen and oxygen atoms in total. The third-order valence-corrected chi connectivity index (χ3v) is 2.68. The van der Waals surface area contributed by atoms with Gasteiger partial charge in [0.05, 0.1) is 0 Å². The summed E-state index contributed by atoms with van der Waals surface area (Å²) >= 11 is 3.22. The molecule has 0 fully saturated rings. The van der Waals surface area contributed by atoms with Gasteiger partial charge in [-0.05, 0) is 38.5 Å². The molecule has 0 aliphatic heterocycles. The molecule has 0 aromatic heterocycles. The van der Waals surface area contributed by atoms with Crippen molar-refractivity contribution in [3.8, 4) is 0 Å². The van der Waals surface area contributed by atoms with Crippen LogP contribution in [0.5, 0.6) is 0 Å². The van der Waals surface area contributed by atoms with E-state index in [1.54, 1.807) is 32.9 Å². The van der Waals surface area contributed by atoms with Crippen molar-refractivity contribution < 1.29 is 18.3 Å². The number of hydrogen-bond donors (Lipinski definition) is 1. The van der Waals surface area contributed by atoms with E-state index in [9.17, 15) is 13.6 Å². The molecule has 1 atom stereocenters. The summed E-state index contributed by atoms with van der Waals surface area (Å²) in [5.74, 6) is 0. The minimum absolute atomic E-state index is 0.323. The maximum atomic E-state index is 13.0. The normalized spacial score (nSPS) is 13.2. The number of nitrogens with one attached hydrogen (secondary N) is 1. The molecule has 1 rings (SSSR count). The number of alkyl carbamates (subject to hydrolysis) is 1. The summed E-state index contributed by atoms with van der Waals surface area (Å²) < 4.78 is 31.7. The number of amides is 1. The van der Waals surface area contributed by atoms with Crippen LogP contribution < -0.4 is 5.32 Å². The van der Waals surface area contributed by atoms with Gasteiger partial charge in [-0.3, -0.25) is 0 Å². The Balaban J connectivity index is 2.79. The molecule has 0 saturated heterocycles. The van der Waals surface area contributed by atoms with Crippen LogP contribution in [0.2, 0.25) is 0 Å². The van der Waals surface area contributed by atoms with E-state index in [1.165, 1.54) is 12.1 Å². The first-order valence-electron chi connectivity index (χ1n) is 5.72. The van der Waals surface area contributed by atoms with Crippen molar-refractivity contribution in [3.05, 3.63) is 34.3 Å². The number of rotatable bonds is 3. The molecule has 6 heteroatoms. The van der Waals surface area contributed by atoms with Crippen molar-refractivity contribution in [2.75, 3.05) is 0 Å². The molecular formula is C13H16BrF2NO2. The van der Waals surface area contributed by atoms with Crippen LogP contribution in [0.3, 0.4) is 0 Å². The Morgan fingerprint density at radius 1 is 1.26 bits per heavy atom. The molecule has 0 radical (unpaired) electrons. The number of carbonyl (C=O) groups is 1. The zero-order chi connectivity index (χ0) is 14.6. The molecule has 0 unspecified atom stereocenters. The Kier molecular flexibility index (Phi) is 5.29. The largest absolute Gasteiger partial charge is 0.444 e. The number of carbonyl (C=O) groups excluding carboxylic acids is 1. The van der Waals surface area contributed by atoms with Crippen molar-refractivity contribution in [2.45, 2.75) is 38.8 Å². The van der Waals surface area contributed by atoms with Crippen molar-refractivity contribution in [3.63, 3.8) is 0 Å². The Hall–Kier alpha value is -1.17. The van der Waals surface area contributed by atoms with Crippen molar-refractivity contribution in [2.24, 2.45) is 0 Å². The average Bonchev–Trinajstić information content (AvgIpc) is 2.24. The molecule has 1 aromatic rings. The number of hydrogen-bond acceptors (Lipinski definition) is 2. The zero-order valence-corrected chi connectivity index (χ0v) is 12.5. The molecule has 1 N–H and O–H groups in total. The molecule has 0 heterocycles. The molecule has 0 aliphatic carbocycles. The molecule has 1 amide bonds. The van der Waals surface area contributed by atoms with E-state index in [0.29, 0.717) is 5.56 Å². The molecule has 0 saturated carbocycles. The predicted molar refractivity (Wildman–Crippen MR) is 72.3 cm³/mol. The second-order valence-electron chi connectivity index (χ2n) is 5.01. The van der Waals surface area contributed by atoms with Crippen LogP contribution in [0.15, 0.2) is 28.7 Å². The third kappa shape index (κ3) is 5.55. The second-order valence-corrected chi connectivity index (χ2v) is 5.93. The highest BCUT2D eigenvalue weighted by Gasteiger charge is 2.26. The van der Waals surface area contributed by atoms with Gasteiger partial charge in [0.25, 0.3) is 6.43 Å². The fourth-order valence-electron chi connectivity index (χ4n) is 1.40. The first kappa shape index (κ1) is 15.9. The average molecular weight is 336 g/mol. The minimum atomic E-state index is -2.71. The fourth-order valence-corrected chi connectivity index (χ4v) is 1.66. The van der Waals surface area contributed by atoms with E-state index in [4.69, 9.17) is 4.74 Å². The maximum absolute atomic E-state index is 13.0. The van der Waals surface area contributed by atoms with E-state index in [2.05, 4.69) is 21.2 Å². The summed E-state index contributed by atoms with van der Waals surface area (Å²) in [6, 6.07) is 4.95. The summed E-state index contributed by atoms with van der Waals surface area (Å²) in [6.07, 6.45) is -3.57. The van der Waals surface area contributed by atoms with Crippen LogP contribution in [0.1, 0.15) is 32.4 Å². The summed E-state index contributed by atoms with van der Waals surface area (Å²) in [5, 5.41) is 2.18. The summed E-state index contributed by atoms with van der Waals surface area (Å²) in [7, 11) is 0. The summed E-state index contributed by atoms with van der Waals surface area (Å²) in [5.41, 5.74) is -0.403. The van der Waals surface area contributed by atoms with E-state index >= 15 is 0 Å². The smallest absolute Gasteiger partial charge is 0.408 e. The highest BCUT2D eigenvalue weighted by Crippen LogP contribution is 2.23. The van der Waals surface area contributed by atoms with Gasteiger partial charge in [-0.2, -0.15) is 0 Å². The Bertz CT molecular complexity index is 429. The highest BCUT2D eigenvalue weighted by atomic mass is 79.9.